The molecule has 0 aromatic heterocycles. The van der Waals surface area contributed by atoms with Crippen molar-refractivity contribution in [2.45, 2.75) is 26.2 Å². The number of carboxylic acid groups (broad SMARTS) is 1. The van der Waals surface area contributed by atoms with E-state index >= 15 is 0 Å². The number of hydrogen-bond donors (Lipinski definition) is 3. The van der Waals surface area contributed by atoms with E-state index in [0.717, 1.165) is 11.6 Å². The van der Waals surface area contributed by atoms with Crippen LogP contribution >= 0.6 is 0 Å². The number of phenolic OH excluding ortho intramolecular Hbond substituents is 1. The smallest absolute Gasteiger partial charge is 0.335 e. The van der Waals surface area contributed by atoms with Gasteiger partial charge in [-0.1, -0.05) is 45.0 Å². The number of carbonyl (C=O) groups is 2. The van der Waals surface area contributed by atoms with Gasteiger partial charge in [0.15, 0.2) is 0 Å². The first-order valence-electron chi connectivity index (χ1n) is 7.83. The van der Waals surface area contributed by atoms with E-state index in [-0.39, 0.29) is 22.4 Å². The second-order valence-corrected chi connectivity index (χ2v) is 6.73. The van der Waals surface area contributed by atoms with Gasteiger partial charge in [-0.15, -0.1) is 0 Å². The van der Waals surface area contributed by atoms with Crippen LogP contribution in [0.25, 0.3) is 6.08 Å². The monoisotopic (exact) mass is 339 g/mol. The molecule has 0 unspecified atom stereocenters. The zero-order valence-electron chi connectivity index (χ0n) is 14.4. The Morgan fingerprint density at radius 2 is 1.68 bits per heavy atom. The van der Waals surface area contributed by atoms with E-state index in [2.05, 4.69) is 26.1 Å². The highest BCUT2D eigenvalue weighted by Crippen LogP contribution is 2.25. The van der Waals surface area contributed by atoms with Crippen molar-refractivity contribution in [3.8, 4) is 5.75 Å². The minimum Gasteiger partial charge on any atom is -0.506 e. The number of hydrogen-bond acceptors (Lipinski definition) is 3. The van der Waals surface area contributed by atoms with Crippen LogP contribution in [0.15, 0.2) is 48.5 Å². The third kappa shape index (κ3) is 4.94. The van der Waals surface area contributed by atoms with Gasteiger partial charge in [0.05, 0.1) is 11.3 Å². The molecular formula is C20H21NO4. The molecule has 5 nitrogen and oxygen atoms in total. The van der Waals surface area contributed by atoms with Crippen LogP contribution in [0.3, 0.4) is 0 Å². The lowest BCUT2D eigenvalue weighted by molar-refractivity contribution is -0.111. The standard InChI is InChI=1S/C20H21NO4/c1-20(2,3)15-8-4-13(5-9-15)6-11-18(23)21-16-10-7-14(19(24)25)12-17(16)22/h4-12,22H,1-3H3,(H,21,23)(H,24,25)/b11-6+. The maximum Gasteiger partial charge on any atom is 0.335 e. The number of anilines is 1. The Bertz CT molecular complexity index is 815. The fourth-order valence-corrected chi connectivity index (χ4v) is 2.21. The lowest BCUT2D eigenvalue weighted by Gasteiger charge is -2.18. The van der Waals surface area contributed by atoms with Crippen molar-refractivity contribution in [2.75, 3.05) is 5.32 Å². The quantitative estimate of drug-likeness (QED) is 0.579. The van der Waals surface area contributed by atoms with Crippen LogP contribution in [0.2, 0.25) is 0 Å². The van der Waals surface area contributed by atoms with Crippen LogP contribution in [0.1, 0.15) is 42.3 Å². The first-order chi connectivity index (χ1) is 11.7. The summed E-state index contributed by atoms with van der Waals surface area (Å²) >= 11 is 0. The molecule has 25 heavy (non-hydrogen) atoms. The topological polar surface area (TPSA) is 86.6 Å². The van der Waals surface area contributed by atoms with Gasteiger partial charge in [-0.25, -0.2) is 4.79 Å². The Kier molecular flexibility index (Phi) is 5.27. The van der Waals surface area contributed by atoms with Crippen molar-refractivity contribution in [1.29, 1.82) is 0 Å². The zero-order valence-corrected chi connectivity index (χ0v) is 14.4. The Morgan fingerprint density at radius 1 is 1.04 bits per heavy atom. The summed E-state index contributed by atoms with van der Waals surface area (Å²) in [6, 6.07) is 11.7. The van der Waals surface area contributed by atoms with Crippen molar-refractivity contribution in [3.63, 3.8) is 0 Å². The number of nitrogens with one attached hydrogen (secondary N) is 1. The van der Waals surface area contributed by atoms with E-state index in [4.69, 9.17) is 5.11 Å². The Hall–Kier alpha value is -3.08. The van der Waals surface area contributed by atoms with E-state index in [1.807, 2.05) is 24.3 Å². The van der Waals surface area contributed by atoms with E-state index in [1.165, 1.54) is 23.8 Å². The average molecular weight is 339 g/mol. The fourth-order valence-electron chi connectivity index (χ4n) is 2.21. The summed E-state index contributed by atoms with van der Waals surface area (Å²) in [6.07, 6.45) is 3.03. The molecular weight excluding hydrogens is 318 g/mol. The molecule has 1 amide bonds. The highest BCUT2D eigenvalue weighted by Gasteiger charge is 2.12. The predicted octanol–water partition coefficient (Wildman–Crippen LogP) is 4.04. The Morgan fingerprint density at radius 3 is 2.20 bits per heavy atom. The molecule has 0 radical (unpaired) electrons. The molecule has 0 heterocycles. The largest absolute Gasteiger partial charge is 0.506 e. The summed E-state index contributed by atoms with van der Waals surface area (Å²) in [5, 5.41) is 21.1. The number of benzene rings is 2. The maximum absolute atomic E-state index is 12.0. The van der Waals surface area contributed by atoms with Gasteiger partial charge in [-0.3, -0.25) is 4.79 Å². The van der Waals surface area contributed by atoms with Crippen molar-refractivity contribution in [3.05, 3.63) is 65.2 Å². The fraction of sp³-hybridized carbons (Fsp3) is 0.200. The van der Waals surface area contributed by atoms with Crippen LogP contribution in [0.5, 0.6) is 5.75 Å². The van der Waals surface area contributed by atoms with E-state index in [0.29, 0.717) is 0 Å². The summed E-state index contributed by atoms with van der Waals surface area (Å²) < 4.78 is 0. The number of phenols is 1. The lowest BCUT2D eigenvalue weighted by atomic mass is 9.87. The number of aromatic hydroxyl groups is 1. The predicted molar refractivity (Wildman–Crippen MR) is 97.9 cm³/mol. The molecule has 2 aromatic rings. The number of amides is 1. The van der Waals surface area contributed by atoms with Gasteiger partial charge in [0, 0.05) is 6.08 Å². The third-order valence-electron chi connectivity index (χ3n) is 3.71. The highest BCUT2D eigenvalue weighted by molar-refractivity contribution is 6.03. The molecule has 0 bridgehead atoms. The molecule has 2 aromatic carbocycles. The van der Waals surface area contributed by atoms with Gasteiger partial charge in [-0.05, 0) is 40.8 Å². The summed E-state index contributed by atoms with van der Waals surface area (Å²) in [5.74, 6) is -1.86. The first kappa shape index (κ1) is 18.3. The number of rotatable bonds is 4. The molecule has 2 rings (SSSR count). The van der Waals surface area contributed by atoms with Gasteiger partial charge >= 0.3 is 5.97 Å². The first-order valence-corrected chi connectivity index (χ1v) is 7.83. The average Bonchev–Trinajstić information content (AvgIpc) is 2.54. The Labute approximate surface area is 146 Å². The molecule has 0 fully saturated rings. The molecule has 0 aliphatic rings. The summed E-state index contributed by atoms with van der Waals surface area (Å²) in [6.45, 7) is 6.40. The van der Waals surface area contributed by atoms with Crippen molar-refractivity contribution >= 4 is 23.6 Å². The van der Waals surface area contributed by atoms with Crippen LogP contribution in [-0.4, -0.2) is 22.1 Å². The van der Waals surface area contributed by atoms with Gasteiger partial charge < -0.3 is 15.5 Å². The van der Waals surface area contributed by atoms with E-state index in [9.17, 15) is 14.7 Å². The number of aromatic carboxylic acids is 1. The highest BCUT2D eigenvalue weighted by atomic mass is 16.4. The van der Waals surface area contributed by atoms with Crippen LogP contribution < -0.4 is 5.32 Å². The minimum atomic E-state index is -1.15. The maximum atomic E-state index is 12.0. The van der Waals surface area contributed by atoms with Crippen molar-refractivity contribution in [2.24, 2.45) is 0 Å². The lowest BCUT2D eigenvalue weighted by Crippen LogP contribution is -2.10. The normalized spacial score (nSPS) is 11.5. The van der Waals surface area contributed by atoms with Gasteiger partial charge in [-0.2, -0.15) is 0 Å². The second-order valence-electron chi connectivity index (χ2n) is 6.73. The second kappa shape index (κ2) is 7.21. The number of carboxylic acids is 1. The van der Waals surface area contributed by atoms with Crippen LogP contribution in [-0.2, 0) is 10.2 Å². The molecule has 0 saturated heterocycles. The molecule has 0 aliphatic heterocycles. The third-order valence-corrected chi connectivity index (χ3v) is 3.71. The summed E-state index contributed by atoms with van der Waals surface area (Å²) in [4.78, 5) is 22.8. The van der Waals surface area contributed by atoms with Crippen LogP contribution in [0.4, 0.5) is 5.69 Å². The van der Waals surface area contributed by atoms with Gasteiger partial charge in [0.1, 0.15) is 5.75 Å². The van der Waals surface area contributed by atoms with Crippen LogP contribution in [0, 0.1) is 0 Å². The van der Waals surface area contributed by atoms with Crippen molar-refractivity contribution in [1.82, 2.24) is 0 Å². The summed E-state index contributed by atoms with van der Waals surface area (Å²) in [5.41, 5.74) is 2.26. The van der Waals surface area contributed by atoms with Gasteiger partial charge in [0.25, 0.3) is 0 Å². The molecule has 0 aliphatic carbocycles. The molecule has 130 valence electrons. The molecule has 0 spiro atoms. The van der Waals surface area contributed by atoms with Gasteiger partial charge in [0.2, 0.25) is 5.91 Å². The molecule has 0 saturated carbocycles. The van der Waals surface area contributed by atoms with E-state index < -0.39 is 11.9 Å². The zero-order chi connectivity index (χ0) is 18.6. The van der Waals surface area contributed by atoms with E-state index in [1.54, 1.807) is 6.08 Å². The Balaban J connectivity index is 2.05. The summed E-state index contributed by atoms with van der Waals surface area (Å²) in [7, 11) is 0. The van der Waals surface area contributed by atoms with Crippen molar-refractivity contribution < 1.29 is 19.8 Å². The molecule has 3 N–H and O–H groups in total. The molecule has 5 heteroatoms. The minimum absolute atomic E-state index is 0.0509. The SMILES string of the molecule is CC(C)(C)c1ccc(/C=C/C(=O)Nc2ccc(C(=O)O)cc2O)cc1. The number of carbonyl (C=O) groups excluding carboxylic acids is 1. The molecule has 0 atom stereocenters.